The quantitative estimate of drug-likeness (QED) is 0.360. The highest BCUT2D eigenvalue weighted by molar-refractivity contribution is 6.02. The van der Waals surface area contributed by atoms with Crippen molar-refractivity contribution in [2.75, 3.05) is 32.2 Å². The number of methoxy groups -OCH3 is 1. The van der Waals surface area contributed by atoms with Crippen molar-refractivity contribution in [1.82, 2.24) is 10.2 Å². The lowest BCUT2D eigenvalue weighted by atomic mass is 9.74. The Morgan fingerprint density at radius 1 is 1.16 bits per heavy atom. The topological polar surface area (TPSA) is 106 Å². The lowest BCUT2D eigenvalue weighted by Gasteiger charge is -2.36. The van der Waals surface area contributed by atoms with E-state index in [1.165, 1.54) is 6.42 Å². The number of carbonyl (C=O) groups is 3. The minimum absolute atomic E-state index is 0.0731. The van der Waals surface area contributed by atoms with Crippen molar-refractivity contribution in [2.24, 2.45) is 17.8 Å². The van der Waals surface area contributed by atoms with Gasteiger partial charge in [0.25, 0.3) is 0 Å². The Bertz CT molecular complexity index is 1070. The monoisotopic (exact) mass is 525 g/mol. The van der Waals surface area contributed by atoms with Crippen LogP contribution in [-0.2, 0) is 23.9 Å². The second-order valence-corrected chi connectivity index (χ2v) is 10.9. The molecule has 2 N–H and O–H groups in total. The molecule has 3 amide bonds. The predicted molar refractivity (Wildman–Crippen MR) is 142 cm³/mol. The van der Waals surface area contributed by atoms with E-state index in [1.54, 1.807) is 36.3 Å². The average Bonchev–Trinajstić information content (AvgIpc) is 3.54. The molecule has 206 valence electrons. The van der Waals surface area contributed by atoms with E-state index in [0.717, 1.165) is 25.0 Å². The fraction of sp³-hybridized carbons (Fsp3) is 0.621. The largest absolute Gasteiger partial charge is 0.494 e. The molecule has 7 atom stereocenters. The summed E-state index contributed by atoms with van der Waals surface area (Å²) in [6.07, 6.45) is 7.98. The van der Waals surface area contributed by atoms with E-state index in [2.05, 4.69) is 17.6 Å². The van der Waals surface area contributed by atoms with Crippen molar-refractivity contribution >= 4 is 23.4 Å². The molecule has 2 bridgehead atoms. The van der Waals surface area contributed by atoms with Crippen LogP contribution in [0.3, 0.4) is 0 Å². The van der Waals surface area contributed by atoms with Gasteiger partial charge in [-0.3, -0.25) is 14.4 Å². The number of fused-ring (bicyclic) bond motifs is 1. The van der Waals surface area contributed by atoms with E-state index >= 15 is 0 Å². The summed E-state index contributed by atoms with van der Waals surface area (Å²) in [4.78, 5) is 43.0. The van der Waals surface area contributed by atoms with Crippen LogP contribution in [-0.4, -0.2) is 73.3 Å². The maximum Gasteiger partial charge on any atom is 0.246 e. The molecule has 9 heteroatoms. The van der Waals surface area contributed by atoms with Gasteiger partial charge in [-0.2, -0.15) is 0 Å². The molecule has 1 aromatic carbocycles. The van der Waals surface area contributed by atoms with Gasteiger partial charge in [-0.25, -0.2) is 0 Å². The van der Waals surface area contributed by atoms with Gasteiger partial charge in [-0.15, -0.1) is 0 Å². The molecule has 3 heterocycles. The second-order valence-electron chi connectivity index (χ2n) is 10.9. The number of amides is 3. The number of hydrogen-bond acceptors (Lipinski definition) is 6. The number of ether oxygens (including phenoxy) is 3. The highest BCUT2D eigenvalue weighted by Crippen LogP contribution is 2.55. The van der Waals surface area contributed by atoms with Crippen LogP contribution in [0.5, 0.6) is 5.75 Å². The molecule has 0 aromatic heterocycles. The van der Waals surface area contributed by atoms with Gasteiger partial charge in [0.05, 0.1) is 24.5 Å². The molecule has 2 saturated heterocycles. The van der Waals surface area contributed by atoms with Crippen LogP contribution in [0.4, 0.5) is 5.69 Å². The Morgan fingerprint density at radius 2 is 1.92 bits per heavy atom. The summed E-state index contributed by atoms with van der Waals surface area (Å²) in [6.45, 7) is 5.46. The second kappa shape index (κ2) is 11.1. The van der Waals surface area contributed by atoms with Crippen molar-refractivity contribution in [3.63, 3.8) is 0 Å². The first-order valence-corrected chi connectivity index (χ1v) is 13.9. The lowest BCUT2D eigenvalue weighted by Crippen LogP contribution is -2.57. The summed E-state index contributed by atoms with van der Waals surface area (Å²) in [5.74, 6) is -1.09. The van der Waals surface area contributed by atoms with Crippen LogP contribution in [0.1, 0.15) is 46.0 Å². The molecule has 0 radical (unpaired) electrons. The van der Waals surface area contributed by atoms with Crippen molar-refractivity contribution < 1.29 is 28.6 Å². The Balaban J connectivity index is 1.39. The molecule has 5 rings (SSSR count). The van der Waals surface area contributed by atoms with E-state index in [-0.39, 0.29) is 23.8 Å². The number of likely N-dealkylation sites (tertiary alicyclic amines) is 1. The van der Waals surface area contributed by atoms with E-state index in [9.17, 15) is 14.4 Å². The summed E-state index contributed by atoms with van der Waals surface area (Å²) in [5.41, 5.74) is -0.542. The van der Waals surface area contributed by atoms with Gasteiger partial charge in [-0.1, -0.05) is 31.9 Å². The van der Waals surface area contributed by atoms with Crippen LogP contribution in [0.25, 0.3) is 0 Å². The fourth-order valence-electron chi connectivity index (χ4n) is 6.71. The van der Waals surface area contributed by atoms with E-state index < -0.39 is 29.6 Å². The first-order chi connectivity index (χ1) is 18.4. The molecule has 1 spiro atoms. The van der Waals surface area contributed by atoms with Crippen LogP contribution in [0, 0.1) is 17.8 Å². The Hall–Kier alpha value is -2.91. The fourth-order valence-corrected chi connectivity index (χ4v) is 6.71. The van der Waals surface area contributed by atoms with Crippen molar-refractivity contribution in [3.05, 3.63) is 36.4 Å². The van der Waals surface area contributed by atoms with Crippen molar-refractivity contribution in [2.45, 2.75) is 69.7 Å². The molecular formula is C29H39N3O6. The molecule has 0 unspecified atom stereocenters. The van der Waals surface area contributed by atoms with Crippen LogP contribution in [0.2, 0.25) is 0 Å². The highest BCUT2D eigenvalue weighted by Gasteiger charge is 2.72. The standard InChI is InChI=1S/C29H39N3O6/c1-4-37-20-12-10-19(11-13-20)30-26(33)23-22-14-15-29(38-22)24(23)28(35)32(16-7-17-36-3)25(29)27(34)31-21-9-6-5-8-18(21)2/h10-15,18,21-25H,4-9,16-17H2,1-3H3,(H,30,33)(H,31,34)/t18-,21-,22+,23-,24+,25+,29+/m1/s1. The first-order valence-electron chi connectivity index (χ1n) is 13.9. The van der Waals surface area contributed by atoms with Crippen molar-refractivity contribution in [1.29, 1.82) is 0 Å². The van der Waals surface area contributed by atoms with Crippen LogP contribution in [0.15, 0.2) is 36.4 Å². The van der Waals surface area contributed by atoms with Crippen LogP contribution < -0.4 is 15.4 Å². The number of anilines is 1. The number of nitrogens with one attached hydrogen (secondary N) is 2. The van der Waals surface area contributed by atoms with Gasteiger partial charge >= 0.3 is 0 Å². The summed E-state index contributed by atoms with van der Waals surface area (Å²) in [5, 5.41) is 6.20. The zero-order valence-electron chi connectivity index (χ0n) is 22.5. The Morgan fingerprint density at radius 3 is 2.63 bits per heavy atom. The Kier molecular flexibility index (Phi) is 7.77. The number of rotatable bonds is 10. The molecular weight excluding hydrogens is 486 g/mol. The maximum atomic E-state index is 13.9. The number of hydrogen-bond donors (Lipinski definition) is 2. The third-order valence-electron chi connectivity index (χ3n) is 8.54. The lowest BCUT2D eigenvalue weighted by molar-refractivity contribution is -0.141. The van der Waals surface area contributed by atoms with Gasteiger partial charge in [0.1, 0.15) is 17.4 Å². The summed E-state index contributed by atoms with van der Waals surface area (Å²) in [6, 6.07) is 6.39. The summed E-state index contributed by atoms with van der Waals surface area (Å²) < 4.78 is 17.1. The minimum Gasteiger partial charge on any atom is -0.494 e. The van der Waals surface area contributed by atoms with Gasteiger partial charge in [0.15, 0.2) is 0 Å². The predicted octanol–water partition coefficient (Wildman–Crippen LogP) is 2.91. The summed E-state index contributed by atoms with van der Waals surface area (Å²) in [7, 11) is 1.61. The third kappa shape index (κ3) is 4.71. The first kappa shape index (κ1) is 26.7. The van der Waals surface area contributed by atoms with Crippen molar-refractivity contribution in [3.8, 4) is 5.75 Å². The molecule has 1 aromatic rings. The van der Waals surface area contributed by atoms with Gasteiger partial charge in [0, 0.05) is 32.0 Å². The molecule has 1 aliphatic carbocycles. The van der Waals surface area contributed by atoms with Gasteiger partial charge in [0.2, 0.25) is 17.7 Å². The zero-order valence-corrected chi connectivity index (χ0v) is 22.5. The van der Waals surface area contributed by atoms with E-state index in [1.807, 2.05) is 19.1 Å². The maximum absolute atomic E-state index is 13.9. The minimum atomic E-state index is -1.16. The van der Waals surface area contributed by atoms with E-state index in [0.29, 0.717) is 37.8 Å². The normalized spacial score (nSPS) is 33.3. The Labute approximate surface area is 224 Å². The molecule has 1 saturated carbocycles. The SMILES string of the molecule is CCOc1ccc(NC(=O)[C@@H]2[C@@H]3C=C[C@]4(O3)[C@@H]2C(=O)N(CCCOC)[C@H]4C(=O)N[C@@H]2CCCC[C@H]2C)cc1. The number of nitrogens with zero attached hydrogens (tertiary/aromatic N) is 1. The molecule has 4 aliphatic rings. The van der Waals surface area contributed by atoms with Gasteiger partial charge in [-0.05, 0) is 56.4 Å². The molecule has 9 nitrogen and oxygen atoms in total. The van der Waals surface area contributed by atoms with E-state index in [4.69, 9.17) is 14.2 Å². The van der Waals surface area contributed by atoms with Gasteiger partial charge < -0.3 is 29.7 Å². The average molecular weight is 526 g/mol. The molecule has 38 heavy (non-hydrogen) atoms. The molecule has 3 fully saturated rings. The zero-order chi connectivity index (χ0) is 26.9. The molecule has 3 aliphatic heterocycles. The number of benzene rings is 1. The van der Waals surface area contributed by atoms with Crippen LogP contribution >= 0.6 is 0 Å². The summed E-state index contributed by atoms with van der Waals surface area (Å²) >= 11 is 0. The third-order valence-corrected chi connectivity index (χ3v) is 8.54. The number of carbonyl (C=O) groups excluding carboxylic acids is 3. The smallest absolute Gasteiger partial charge is 0.246 e. The highest BCUT2D eigenvalue weighted by atomic mass is 16.5.